The van der Waals surface area contributed by atoms with Crippen LogP contribution in [0.25, 0.3) is 0 Å². The lowest BCUT2D eigenvalue weighted by Gasteiger charge is -2.07. The molecule has 0 bridgehead atoms. The molecule has 0 fully saturated rings. The summed E-state index contributed by atoms with van der Waals surface area (Å²) in [6, 6.07) is 12.5. The zero-order valence-electron chi connectivity index (χ0n) is 13.4. The van der Waals surface area contributed by atoms with Crippen LogP contribution in [0.1, 0.15) is 6.42 Å². The summed E-state index contributed by atoms with van der Waals surface area (Å²) in [5.41, 5.74) is 0.555. The summed E-state index contributed by atoms with van der Waals surface area (Å²) in [4.78, 5) is 23.5. The van der Waals surface area contributed by atoms with Crippen molar-refractivity contribution < 1.29 is 22.7 Å². The van der Waals surface area contributed by atoms with E-state index in [0.717, 1.165) is 4.47 Å². The van der Waals surface area contributed by atoms with Crippen molar-refractivity contribution in [2.45, 2.75) is 11.3 Å². The quantitative estimate of drug-likeness (QED) is 0.639. The number of carbonyl (C=O) groups is 2. The number of hydrogen-bond donors (Lipinski definition) is 1. The van der Waals surface area contributed by atoms with Crippen LogP contribution >= 0.6 is 27.5 Å². The number of halogens is 2. The van der Waals surface area contributed by atoms with Crippen LogP contribution in [-0.4, -0.2) is 32.7 Å². The average molecular weight is 461 g/mol. The molecule has 0 saturated carbocycles. The van der Waals surface area contributed by atoms with Crippen molar-refractivity contribution >= 4 is 54.9 Å². The van der Waals surface area contributed by atoms with Gasteiger partial charge in [0.15, 0.2) is 16.4 Å². The summed E-state index contributed by atoms with van der Waals surface area (Å²) >= 11 is 8.99. The van der Waals surface area contributed by atoms with Gasteiger partial charge in [-0.05, 0) is 48.5 Å². The highest BCUT2D eigenvalue weighted by molar-refractivity contribution is 9.10. The third kappa shape index (κ3) is 6.44. The molecule has 0 spiro atoms. The minimum absolute atomic E-state index is 0.0719. The van der Waals surface area contributed by atoms with Crippen LogP contribution in [0.4, 0.5) is 5.69 Å². The lowest BCUT2D eigenvalue weighted by Crippen LogP contribution is -2.22. The van der Waals surface area contributed by atoms with Crippen molar-refractivity contribution in [3.05, 3.63) is 58.0 Å². The Morgan fingerprint density at radius 2 is 1.65 bits per heavy atom. The molecule has 9 heteroatoms. The van der Waals surface area contributed by atoms with Gasteiger partial charge in [0.2, 0.25) is 0 Å². The van der Waals surface area contributed by atoms with E-state index >= 15 is 0 Å². The molecule has 0 unspecified atom stereocenters. The maximum Gasteiger partial charge on any atom is 0.307 e. The number of sulfone groups is 1. The minimum atomic E-state index is -3.63. The van der Waals surface area contributed by atoms with E-state index in [1.165, 1.54) is 24.3 Å². The molecule has 2 rings (SSSR count). The van der Waals surface area contributed by atoms with Gasteiger partial charge < -0.3 is 10.1 Å². The van der Waals surface area contributed by atoms with Crippen molar-refractivity contribution in [2.24, 2.45) is 0 Å². The summed E-state index contributed by atoms with van der Waals surface area (Å²) in [5, 5.41) is 2.98. The molecule has 0 aliphatic rings. The van der Waals surface area contributed by atoms with E-state index in [0.29, 0.717) is 10.7 Å². The van der Waals surface area contributed by atoms with Crippen LogP contribution in [0.3, 0.4) is 0 Å². The first-order valence-electron chi connectivity index (χ1n) is 7.45. The second kappa shape index (κ2) is 9.16. The zero-order valence-corrected chi connectivity index (χ0v) is 16.6. The Kier molecular flexibility index (Phi) is 7.19. The van der Waals surface area contributed by atoms with Crippen LogP contribution in [-0.2, 0) is 24.2 Å². The predicted molar refractivity (Wildman–Crippen MR) is 102 cm³/mol. The molecule has 6 nitrogen and oxygen atoms in total. The van der Waals surface area contributed by atoms with Gasteiger partial charge in [0.05, 0.1) is 17.1 Å². The molecule has 2 aromatic rings. The smallest absolute Gasteiger partial charge is 0.307 e. The number of nitrogens with one attached hydrogen (secondary N) is 1. The predicted octanol–water partition coefficient (Wildman–Crippen LogP) is 3.45. The first kappa shape index (κ1) is 20.4. The van der Waals surface area contributed by atoms with Gasteiger partial charge in [0.1, 0.15) is 0 Å². The molecule has 0 aliphatic heterocycles. The highest BCUT2D eigenvalue weighted by Crippen LogP contribution is 2.16. The molecular formula is C17H15BrClNO5S. The molecular weight excluding hydrogens is 446 g/mol. The van der Waals surface area contributed by atoms with Crippen LogP contribution in [0.2, 0.25) is 5.02 Å². The van der Waals surface area contributed by atoms with E-state index in [-0.39, 0.29) is 11.3 Å². The largest absolute Gasteiger partial charge is 0.456 e. The number of rotatable bonds is 7. The Hall–Kier alpha value is -1.90. The number of anilines is 1. The molecule has 0 aliphatic carbocycles. The van der Waals surface area contributed by atoms with Gasteiger partial charge in [-0.15, -0.1) is 0 Å². The SMILES string of the molecule is O=C(COC(=O)CCS(=O)(=O)c1ccc(Cl)cc1)Nc1ccc(Br)cc1. The number of amides is 1. The first-order chi connectivity index (χ1) is 12.3. The Balaban J connectivity index is 1.78. The summed E-state index contributed by atoms with van der Waals surface area (Å²) in [6.07, 6.45) is -0.351. The summed E-state index contributed by atoms with van der Waals surface area (Å²) in [5.74, 6) is -1.70. The number of carbonyl (C=O) groups excluding carboxylic acids is 2. The van der Waals surface area contributed by atoms with Gasteiger partial charge >= 0.3 is 5.97 Å². The highest BCUT2D eigenvalue weighted by atomic mass is 79.9. The fourth-order valence-electron chi connectivity index (χ4n) is 1.93. The molecule has 26 heavy (non-hydrogen) atoms. The van der Waals surface area contributed by atoms with E-state index in [1.54, 1.807) is 24.3 Å². The van der Waals surface area contributed by atoms with Crippen LogP contribution in [0.15, 0.2) is 57.9 Å². The number of esters is 1. The fourth-order valence-corrected chi connectivity index (χ4v) is 3.54. The monoisotopic (exact) mass is 459 g/mol. The summed E-state index contributed by atoms with van der Waals surface area (Å²) in [7, 11) is -3.63. The van der Waals surface area contributed by atoms with Gasteiger partial charge in [-0.1, -0.05) is 27.5 Å². The maximum atomic E-state index is 12.1. The van der Waals surface area contributed by atoms with E-state index in [9.17, 15) is 18.0 Å². The van der Waals surface area contributed by atoms with E-state index < -0.39 is 34.1 Å². The molecule has 0 aromatic heterocycles. The molecule has 0 saturated heterocycles. The Labute approximate surface area is 164 Å². The van der Waals surface area contributed by atoms with Gasteiger partial charge in [-0.25, -0.2) is 8.42 Å². The van der Waals surface area contributed by atoms with Crippen molar-refractivity contribution in [2.75, 3.05) is 17.7 Å². The number of hydrogen-bond acceptors (Lipinski definition) is 5. The van der Waals surface area contributed by atoms with Gasteiger partial charge in [0, 0.05) is 15.2 Å². The molecule has 0 heterocycles. The number of ether oxygens (including phenoxy) is 1. The van der Waals surface area contributed by atoms with E-state index in [2.05, 4.69) is 21.2 Å². The molecule has 0 radical (unpaired) electrons. The molecule has 1 amide bonds. The van der Waals surface area contributed by atoms with E-state index in [4.69, 9.17) is 16.3 Å². The Bertz CT molecular complexity index is 882. The van der Waals surface area contributed by atoms with Crippen LogP contribution in [0, 0.1) is 0 Å². The standard InChI is InChI=1S/C17H15BrClNO5S/c18-12-1-5-14(6-2-12)20-16(21)11-25-17(22)9-10-26(23,24)15-7-3-13(19)4-8-15/h1-8H,9-11H2,(H,20,21). The van der Waals surface area contributed by atoms with Gasteiger partial charge in [-0.2, -0.15) is 0 Å². The lowest BCUT2D eigenvalue weighted by atomic mass is 10.3. The fraction of sp³-hybridized carbons (Fsp3) is 0.176. The highest BCUT2D eigenvalue weighted by Gasteiger charge is 2.17. The van der Waals surface area contributed by atoms with Crippen molar-refractivity contribution in [1.29, 1.82) is 0 Å². The Morgan fingerprint density at radius 3 is 2.27 bits per heavy atom. The van der Waals surface area contributed by atoms with E-state index in [1.807, 2.05) is 0 Å². The van der Waals surface area contributed by atoms with Crippen molar-refractivity contribution in [3.63, 3.8) is 0 Å². The second-order valence-corrected chi connectivity index (χ2v) is 8.70. The summed E-state index contributed by atoms with van der Waals surface area (Å²) in [6.45, 7) is -0.490. The second-order valence-electron chi connectivity index (χ2n) is 5.24. The third-order valence-corrected chi connectivity index (χ3v) is 5.75. The van der Waals surface area contributed by atoms with Crippen LogP contribution < -0.4 is 5.32 Å². The molecule has 1 N–H and O–H groups in total. The minimum Gasteiger partial charge on any atom is -0.456 e. The van der Waals surface area contributed by atoms with Crippen molar-refractivity contribution in [3.8, 4) is 0 Å². The Morgan fingerprint density at radius 1 is 1.04 bits per heavy atom. The topological polar surface area (TPSA) is 89.5 Å². The first-order valence-corrected chi connectivity index (χ1v) is 10.3. The van der Waals surface area contributed by atoms with Gasteiger partial charge in [0.25, 0.3) is 5.91 Å². The zero-order chi connectivity index (χ0) is 19.2. The maximum absolute atomic E-state index is 12.1. The van der Waals surface area contributed by atoms with Gasteiger partial charge in [-0.3, -0.25) is 9.59 Å². The third-order valence-electron chi connectivity index (χ3n) is 3.24. The molecule has 0 atom stereocenters. The average Bonchev–Trinajstić information content (AvgIpc) is 2.61. The van der Waals surface area contributed by atoms with Crippen molar-refractivity contribution in [1.82, 2.24) is 0 Å². The molecule has 138 valence electrons. The number of benzene rings is 2. The molecule has 2 aromatic carbocycles. The van der Waals surface area contributed by atoms with Crippen LogP contribution in [0.5, 0.6) is 0 Å². The lowest BCUT2D eigenvalue weighted by molar-refractivity contribution is -0.146. The normalized spacial score (nSPS) is 11.0. The summed E-state index contributed by atoms with van der Waals surface area (Å²) < 4.78 is 29.9.